The molecule has 1 amide bonds. The third-order valence-electron chi connectivity index (χ3n) is 5.86. The van der Waals surface area contributed by atoms with E-state index in [0.717, 1.165) is 12.2 Å². The Morgan fingerprint density at radius 3 is 2.55 bits per heavy atom. The van der Waals surface area contributed by atoms with Gasteiger partial charge in [0.15, 0.2) is 16.4 Å². The van der Waals surface area contributed by atoms with Gasteiger partial charge in [-0.25, -0.2) is 8.42 Å². The van der Waals surface area contributed by atoms with Crippen molar-refractivity contribution < 1.29 is 27.3 Å². The van der Waals surface area contributed by atoms with Crippen LogP contribution < -0.4 is 4.74 Å². The molecule has 1 aromatic heterocycles. The van der Waals surface area contributed by atoms with Crippen molar-refractivity contribution in [3.05, 3.63) is 58.0 Å². The van der Waals surface area contributed by atoms with Gasteiger partial charge in [0.05, 0.1) is 23.0 Å². The summed E-state index contributed by atoms with van der Waals surface area (Å²) < 4.78 is 35.4. The van der Waals surface area contributed by atoms with E-state index in [1.807, 2.05) is 12.1 Å². The molecule has 0 bridgehead atoms. The van der Waals surface area contributed by atoms with E-state index in [1.165, 1.54) is 29.2 Å². The molecule has 2 aromatic rings. The maximum Gasteiger partial charge on any atom is 0.269 e. The summed E-state index contributed by atoms with van der Waals surface area (Å²) in [4.78, 5) is 24.7. The van der Waals surface area contributed by atoms with E-state index in [0.29, 0.717) is 29.8 Å². The second-order valence-corrected chi connectivity index (χ2v) is 10.5. The van der Waals surface area contributed by atoms with Crippen LogP contribution in [0.1, 0.15) is 37.2 Å². The molecule has 2 fully saturated rings. The molecule has 2 aliphatic rings. The summed E-state index contributed by atoms with van der Waals surface area (Å²) in [5, 5.41) is 10.8. The molecule has 1 saturated carbocycles. The maximum absolute atomic E-state index is 13.0. The molecule has 0 spiro atoms. The van der Waals surface area contributed by atoms with Crippen LogP contribution in [0.25, 0.3) is 0 Å². The van der Waals surface area contributed by atoms with Gasteiger partial charge < -0.3 is 14.1 Å². The quantitative estimate of drug-likeness (QED) is 0.450. The number of benzene rings is 1. The highest BCUT2D eigenvalue weighted by Gasteiger charge is 2.38. The lowest BCUT2D eigenvalue weighted by Crippen LogP contribution is -2.43. The number of nitro benzene ring substituents is 1. The molecule has 4 rings (SSSR count). The zero-order valence-corrected chi connectivity index (χ0v) is 17.9. The summed E-state index contributed by atoms with van der Waals surface area (Å²) in [7, 11) is -3.18. The maximum atomic E-state index is 13.0. The Kier molecular flexibility index (Phi) is 5.74. The van der Waals surface area contributed by atoms with Crippen molar-refractivity contribution in [1.29, 1.82) is 0 Å². The summed E-state index contributed by atoms with van der Waals surface area (Å²) in [5.74, 6) is 2.44. The fourth-order valence-corrected chi connectivity index (χ4v) is 5.63. The molecule has 10 heteroatoms. The second-order valence-electron chi connectivity index (χ2n) is 8.24. The van der Waals surface area contributed by atoms with Crippen LogP contribution in [-0.2, 0) is 21.2 Å². The van der Waals surface area contributed by atoms with Crippen LogP contribution in [0.15, 0.2) is 40.8 Å². The highest BCUT2D eigenvalue weighted by atomic mass is 32.2. The normalized spacial score (nSPS) is 24.0. The fourth-order valence-electron chi connectivity index (χ4n) is 3.90. The number of furan rings is 1. The number of nitro groups is 1. The highest BCUT2D eigenvalue weighted by molar-refractivity contribution is 7.91. The number of ether oxygens (including phenoxy) is 1. The van der Waals surface area contributed by atoms with Crippen LogP contribution in [-0.4, -0.2) is 48.3 Å². The number of carbonyl (C=O) groups is 1. The minimum Gasteiger partial charge on any atom is -0.484 e. The number of non-ortho nitro benzene ring substituents is 1. The van der Waals surface area contributed by atoms with Crippen LogP contribution in [0.5, 0.6) is 5.75 Å². The molecule has 1 aromatic carbocycles. The molecular formula is C21H24N2O7S. The number of carbonyl (C=O) groups excluding carboxylic acids is 1. The summed E-state index contributed by atoms with van der Waals surface area (Å²) in [5.41, 5.74) is -0.0740. The van der Waals surface area contributed by atoms with E-state index < -0.39 is 20.8 Å². The van der Waals surface area contributed by atoms with Gasteiger partial charge in [-0.3, -0.25) is 14.9 Å². The highest BCUT2D eigenvalue weighted by Crippen LogP contribution is 2.47. The van der Waals surface area contributed by atoms with Gasteiger partial charge in [-0.15, -0.1) is 0 Å². The molecule has 9 nitrogen and oxygen atoms in total. The first kappa shape index (κ1) is 21.4. The summed E-state index contributed by atoms with van der Waals surface area (Å²) >= 11 is 0. The summed E-state index contributed by atoms with van der Waals surface area (Å²) in [6.45, 7) is 2.02. The van der Waals surface area contributed by atoms with Crippen molar-refractivity contribution in [2.45, 2.75) is 38.3 Å². The van der Waals surface area contributed by atoms with Crippen molar-refractivity contribution in [2.75, 3.05) is 18.1 Å². The minimum absolute atomic E-state index is 0.0493. The van der Waals surface area contributed by atoms with Crippen LogP contribution in [0.3, 0.4) is 0 Å². The molecule has 0 radical (unpaired) electrons. The zero-order chi connectivity index (χ0) is 22.2. The van der Waals surface area contributed by atoms with Crippen molar-refractivity contribution in [1.82, 2.24) is 4.90 Å². The molecule has 2 heterocycles. The van der Waals surface area contributed by atoms with Gasteiger partial charge >= 0.3 is 0 Å². The number of sulfone groups is 1. The summed E-state index contributed by atoms with van der Waals surface area (Å²) in [6.07, 6.45) is 1.46. The molecule has 31 heavy (non-hydrogen) atoms. The summed E-state index contributed by atoms with van der Waals surface area (Å²) in [6, 6.07) is 8.75. The predicted molar refractivity (Wildman–Crippen MR) is 111 cm³/mol. The lowest BCUT2D eigenvalue weighted by molar-refractivity contribution is -0.384. The molecule has 1 aliphatic heterocycles. The Hall–Kier alpha value is -2.88. The topological polar surface area (TPSA) is 120 Å². The van der Waals surface area contributed by atoms with Crippen molar-refractivity contribution in [2.24, 2.45) is 5.92 Å². The van der Waals surface area contributed by atoms with Gasteiger partial charge in [-0.2, -0.15) is 0 Å². The molecule has 3 unspecified atom stereocenters. The van der Waals surface area contributed by atoms with Crippen LogP contribution in [0.2, 0.25) is 0 Å². The Labute approximate surface area is 180 Å². The molecule has 3 atom stereocenters. The first-order valence-electron chi connectivity index (χ1n) is 10.2. The molecule has 0 N–H and O–H groups in total. The average Bonchev–Trinajstić information content (AvgIpc) is 3.11. The van der Waals surface area contributed by atoms with Crippen molar-refractivity contribution >= 4 is 21.4 Å². The smallest absolute Gasteiger partial charge is 0.269 e. The van der Waals surface area contributed by atoms with Gasteiger partial charge in [0.25, 0.3) is 11.6 Å². The van der Waals surface area contributed by atoms with E-state index in [2.05, 4.69) is 6.92 Å². The molecule has 1 saturated heterocycles. The minimum atomic E-state index is -3.18. The number of amides is 1. The first-order valence-corrected chi connectivity index (χ1v) is 12.0. The number of hydrogen-bond donors (Lipinski definition) is 0. The van der Waals surface area contributed by atoms with Crippen molar-refractivity contribution in [3.8, 4) is 5.75 Å². The zero-order valence-electron chi connectivity index (χ0n) is 17.1. The van der Waals surface area contributed by atoms with Gasteiger partial charge in [-0.1, -0.05) is 6.92 Å². The number of nitrogens with zero attached hydrogens (tertiary/aromatic N) is 2. The molecule has 166 valence electrons. The monoisotopic (exact) mass is 448 g/mol. The predicted octanol–water partition coefficient (Wildman–Crippen LogP) is 2.91. The van der Waals surface area contributed by atoms with Gasteiger partial charge in [0, 0.05) is 24.1 Å². The second kappa shape index (κ2) is 8.33. The third-order valence-corrected chi connectivity index (χ3v) is 7.61. The third kappa shape index (κ3) is 5.07. The largest absolute Gasteiger partial charge is 0.484 e. The van der Waals surface area contributed by atoms with Crippen LogP contribution in [0.4, 0.5) is 5.69 Å². The van der Waals surface area contributed by atoms with Gasteiger partial charge in [-0.05, 0) is 43.0 Å². The lowest BCUT2D eigenvalue weighted by atomic mass is 10.2. The van der Waals surface area contributed by atoms with E-state index in [-0.39, 0.29) is 36.3 Å². The van der Waals surface area contributed by atoms with E-state index in [1.54, 1.807) is 0 Å². The van der Waals surface area contributed by atoms with E-state index in [9.17, 15) is 23.3 Å². The van der Waals surface area contributed by atoms with E-state index in [4.69, 9.17) is 9.15 Å². The first-order chi connectivity index (χ1) is 14.7. The lowest BCUT2D eigenvalue weighted by Gasteiger charge is -2.27. The SMILES string of the molecule is CC1CC1c1ccc(CN(C(=O)COc2ccc([N+](=O)[O-])cc2)C2CCS(=O)(=O)C2)o1. The Bertz CT molecular complexity index is 1080. The molecule has 1 aliphatic carbocycles. The Morgan fingerprint density at radius 1 is 1.26 bits per heavy atom. The van der Waals surface area contributed by atoms with Crippen LogP contribution in [0, 0.1) is 16.0 Å². The number of hydrogen-bond acceptors (Lipinski definition) is 7. The van der Waals surface area contributed by atoms with E-state index >= 15 is 0 Å². The van der Waals surface area contributed by atoms with Gasteiger partial charge in [0.1, 0.15) is 17.3 Å². The standard InChI is InChI=1S/C21H24N2O7S/c1-14-10-19(14)20-7-6-18(30-20)11-22(16-8-9-31(27,28)13-16)21(24)12-29-17-4-2-15(3-5-17)23(25)26/h2-7,14,16,19H,8-13H2,1H3. The molecular weight excluding hydrogens is 424 g/mol. The Balaban J connectivity index is 1.44. The fraction of sp³-hybridized carbons (Fsp3) is 0.476. The van der Waals surface area contributed by atoms with Crippen LogP contribution >= 0.6 is 0 Å². The number of rotatable bonds is 8. The van der Waals surface area contributed by atoms with Gasteiger partial charge in [0.2, 0.25) is 0 Å². The Morgan fingerprint density at radius 2 is 1.97 bits per heavy atom. The van der Waals surface area contributed by atoms with Crippen molar-refractivity contribution in [3.63, 3.8) is 0 Å². The average molecular weight is 448 g/mol.